The van der Waals surface area contributed by atoms with Crippen molar-refractivity contribution in [2.45, 2.75) is 6.42 Å². The maximum Gasteiger partial charge on any atom is 0.331 e. The fourth-order valence-corrected chi connectivity index (χ4v) is 2.98. The van der Waals surface area contributed by atoms with Crippen LogP contribution >= 0.6 is 12.8 Å². The maximum atomic E-state index is 12.9. The van der Waals surface area contributed by atoms with Crippen LogP contribution in [0.5, 0.6) is 0 Å². The summed E-state index contributed by atoms with van der Waals surface area (Å²) in [4.78, 5) is 24.6. The molecule has 0 aromatic heterocycles. The molecule has 0 unspecified atom stereocenters. The summed E-state index contributed by atoms with van der Waals surface area (Å²) in [6.45, 7) is 0.372. The maximum absolute atomic E-state index is 12.9. The molecule has 2 N–H and O–H groups in total. The summed E-state index contributed by atoms with van der Waals surface area (Å²) in [5.74, 6) is -0.643. The van der Waals surface area contributed by atoms with Crippen LogP contribution in [0.3, 0.4) is 0 Å². The predicted molar refractivity (Wildman–Crippen MR) is 121 cm³/mol. The minimum absolute atomic E-state index is 0.301. The molecule has 0 bridgehead atoms. The van der Waals surface area contributed by atoms with E-state index < -0.39 is 6.03 Å². The summed E-state index contributed by atoms with van der Waals surface area (Å²) < 4.78 is 14.1. The number of benzene rings is 3. The van der Waals surface area contributed by atoms with Crippen molar-refractivity contribution in [3.05, 3.63) is 95.3 Å². The molecular weight excluding hydrogens is 415 g/mol. The van der Waals surface area contributed by atoms with Crippen LogP contribution in [-0.2, 0) is 6.42 Å². The first kappa shape index (κ1) is 21.9. The third-order valence-corrected chi connectivity index (χ3v) is 4.83. The average molecular weight is 434 g/mol. The molecule has 0 radical (unpaired) electrons. The SMILES string of the molecule is N#Cc1cccc(C(=O)Nc2ccc(N(S)C(=O)NCCc3ccc(F)cc3)cc2)c1. The van der Waals surface area contributed by atoms with Crippen molar-refractivity contribution in [1.82, 2.24) is 5.32 Å². The van der Waals surface area contributed by atoms with Crippen LogP contribution in [0.4, 0.5) is 20.6 Å². The number of rotatable bonds is 6. The minimum atomic E-state index is -0.407. The van der Waals surface area contributed by atoms with Crippen LogP contribution in [0.15, 0.2) is 72.8 Å². The second kappa shape index (κ2) is 10.3. The highest BCUT2D eigenvalue weighted by Crippen LogP contribution is 2.20. The number of nitrogens with zero attached hydrogens (tertiary/aromatic N) is 2. The van der Waals surface area contributed by atoms with Crippen molar-refractivity contribution in [3.63, 3.8) is 0 Å². The highest BCUT2D eigenvalue weighted by Gasteiger charge is 2.12. The van der Waals surface area contributed by atoms with E-state index in [1.165, 1.54) is 18.2 Å². The highest BCUT2D eigenvalue weighted by atomic mass is 32.1. The Bertz CT molecular complexity index is 1110. The second-order valence-corrected chi connectivity index (χ2v) is 7.01. The fraction of sp³-hybridized carbons (Fsp3) is 0.0870. The van der Waals surface area contributed by atoms with Crippen molar-refractivity contribution >= 4 is 36.1 Å². The van der Waals surface area contributed by atoms with Crippen LogP contribution in [0.1, 0.15) is 21.5 Å². The number of thiol groups is 1. The molecular formula is C23H19FN4O2S. The molecule has 0 aliphatic rings. The zero-order valence-corrected chi connectivity index (χ0v) is 17.3. The van der Waals surface area contributed by atoms with E-state index in [2.05, 4.69) is 23.4 Å². The van der Waals surface area contributed by atoms with Crippen molar-refractivity contribution in [1.29, 1.82) is 5.26 Å². The molecule has 156 valence electrons. The summed E-state index contributed by atoms with van der Waals surface area (Å²) in [7, 11) is 0. The molecule has 3 rings (SSSR count). The van der Waals surface area contributed by atoms with Gasteiger partial charge in [0.25, 0.3) is 5.91 Å². The standard InChI is InChI=1S/C23H19FN4O2S/c24-19-6-4-16(5-7-19)12-13-26-23(30)28(31)21-10-8-20(9-11-21)27-22(29)18-3-1-2-17(14-18)15-25/h1-11,14,31H,12-13H2,(H,26,30)(H,27,29). The molecule has 6 nitrogen and oxygen atoms in total. The summed E-state index contributed by atoms with van der Waals surface area (Å²) in [6, 6.07) is 20.7. The van der Waals surface area contributed by atoms with Gasteiger partial charge in [-0.15, -0.1) is 0 Å². The third-order valence-electron chi connectivity index (χ3n) is 4.42. The third kappa shape index (κ3) is 6.07. The lowest BCUT2D eigenvalue weighted by Gasteiger charge is -2.17. The molecule has 31 heavy (non-hydrogen) atoms. The van der Waals surface area contributed by atoms with Crippen LogP contribution in [0, 0.1) is 17.1 Å². The van der Waals surface area contributed by atoms with E-state index in [4.69, 9.17) is 5.26 Å². The lowest BCUT2D eigenvalue weighted by Crippen LogP contribution is -2.35. The number of hydrogen-bond acceptors (Lipinski definition) is 4. The number of halogens is 1. The molecule has 0 atom stereocenters. The van der Waals surface area contributed by atoms with Crippen LogP contribution in [0.2, 0.25) is 0 Å². The van der Waals surface area contributed by atoms with E-state index >= 15 is 0 Å². The normalized spacial score (nSPS) is 10.1. The molecule has 3 aromatic carbocycles. The van der Waals surface area contributed by atoms with Gasteiger partial charge in [-0.2, -0.15) is 5.26 Å². The quantitative estimate of drug-likeness (QED) is 0.498. The monoisotopic (exact) mass is 434 g/mol. The van der Waals surface area contributed by atoms with Gasteiger partial charge in [-0.1, -0.05) is 31.0 Å². The first-order valence-corrected chi connectivity index (χ1v) is 9.79. The topological polar surface area (TPSA) is 85.2 Å². The van der Waals surface area contributed by atoms with Gasteiger partial charge >= 0.3 is 6.03 Å². The number of carbonyl (C=O) groups excluding carboxylic acids is 2. The zero-order valence-electron chi connectivity index (χ0n) is 16.4. The van der Waals surface area contributed by atoms with Gasteiger partial charge in [-0.05, 0) is 66.6 Å². The van der Waals surface area contributed by atoms with E-state index in [0.717, 1.165) is 9.87 Å². The highest BCUT2D eigenvalue weighted by molar-refractivity contribution is 7.82. The molecule has 3 amide bonds. The van der Waals surface area contributed by atoms with Gasteiger partial charge in [0.2, 0.25) is 0 Å². The van der Waals surface area contributed by atoms with Gasteiger partial charge in [0, 0.05) is 17.8 Å². The smallest absolute Gasteiger partial charge is 0.331 e. The van der Waals surface area contributed by atoms with Crippen LogP contribution < -0.4 is 14.9 Å². The Morgan fingerprint density at radius 3 is 2.42 bits per heavy atom. The number of anilines is 2. The number of nitriles is 1. The zero-order chi connectivity index (χ0) is 22.2. The molecule has 0 saturated carbocycles. The Balaban J connectivity index is 1.53. The Kier molecular flexibility index (Phi) is 7.25. The predicted octanol–water partition coefficient (Wildman–Crippen LogP) is 4.55. The second-order valence-electron chi connectivity index (χ2n) is 6.61. The molecule has 0 saturated heterocycles. The number of hydrogen-bond donors (Lipinski definition) is 3. The van der Waals surface area contributed by atoms with Crippen molar-refractivity contribution in [2.24, 2.45) is 0 Å². The minimum Gasteiger partial charge on any atom is -0.337 e. The molecule has 0 aliphatic carbocycles. The average Bonchev–Trinajstić information content (AvgIpc) is 2.80. The van der Waals surface area contributed by atoms with Gasteiger partial charge < -0.3 is 10.6 Å². The van der Waals surface area contributed by atoms with E-state index in [0.29, 0.717) is 35.5 Å². The first-order chi connectivity index (χ1) is 15.0. The van der Waals surface area contributed by atoms with Crippen molar-refractivity contribution in [3.8, 4) is 6.07 Å². The van der Waals surface area contributed by atoms with Gasteiger partial charge in [0.15, 0.2) is 0 Å². The molecule has 0 heterocycles. The van der Waals surface area contributed by atoms with Gasteiger partial charge in [0.1, 0.15) is 5.82 Å². The summed E-state index contributed by atoms with van der Waals surface area (Å²) in [5.41, 5.74) is 2.74. The lowest BCUT2D eigenvalue weighted by atomic mass is 10.1. The van der Waals surface area contributed by atoms with E-state index in [1.54, 1.807) is 54.6 Å². The van der Waals surface area contributed by atoms with Gasteiger partial charge in [-0.3, -0.25) is 4.79 Å². The Hall–Kier alpha value is -3.83. The fourth-order valence-electron chi connectivity index (χ4n) is 2.78. The van der Waals surface area contributed by atoms with Crippen LogP contribution in [-0.4, -0.2) is 18.5 Å². The van der Waals surface area contributed by atoms with Crippen molar-refractivity contribution in [2.75, 3.05) is 16.2 Å². The lowest BCUT2D eigenvalue weighted by molar-refractivity contribution is 0.102. The Morgan fingerprint density at radius 2 is 1.74 bits per heavy atom. The van der Waals surface area contributed by atoms with Crippen LogP contribution in [0.25, 0.3) is 0 Å². The number of carbonyl (C=O) groups is 2. The molecule has 3 aromatic rings. The van der Waals surface area contributed by atoms with E-state index in [9.17, 15) is 14.0 Å². The Morgan fingerprint density at radius 1 is 1.03 bits per heavy atom. The summed E-state index contributed by atoms with van der Waals surface area (Å²) in [5, 5.41) is 14.4. The van der Waals surface area contributed by atoms with Gasteiger partial charge in [-0.25, -0.2) is 13.5 Å². The van der Waals surface area contributed by atoms with Gasteiger partial charge in [0.05, 0.1) is 17.3 Å². The molecule has 8 heteroatoms. The molecule has 0 spiro atoms. The number of nitrogens with one attached hydrogen (secondary N) is 2. The molecule has 0 fully saturated rings. The largest absolute Gasteiger partial charge is 0.337 e. The number of urea groups is 1. The first-order valence-electron chi connectivity index (χ1n) is 9.39. The van der Waals surface area contributed by atoms with E-state index in [1.807, 2.05) is 6.07 Å². The summed E-state index contributed by atoms with van der Waals surface area (Å²) in [6.07, 6.45) is 0.561. The number of amides is 3. The Labute approximate surface area is 184 Å². The van der Waals surface area contributed by atoms with Crippen molar-refractivity contribution < 1.29 is 14.0 Å². The summed E-state index contributed by atoms with van der Waals surface area (Å²) >= 11 is 4.23. The van der Waals surface area contributed by atoms with E-state index in [-0.39, 0.29) is 11.7 Å². The molecule has 0 aliphatic heterocycles.